The van der Waals surface area contributed by atoms with E-state index in [2.05, 4.69) is 10.3 Å². The first-order chi connectivity index (χ1) is 12.8. The number of para-hydroxylation sites is 1. The molecule has 0 fully saturated rings. The SMILES string of the molecule is Cc1cc(C)c2c(N)c(C(=O)OCC(=O)Nc3c(Cl)cccc3Cl)sc2n1. The molecule has 1 amide bonds. The van der Waals surface area contributed by atoms with Crippen molar-refractivity contribution in [1.82, 2.24) is 4.98 Å². The van der Waals surface area contributed by atoms with Gasteiger partial charge in [-0.25, -0.2) is 9.78 Å². The van der Waals surface area contributed by atoms with Gasteiger partial charge in [0.25, 0.3) is 5.91 Å². The largest absolute Gasteiger partial charge is 0.451 e. The van der Waals surface area contributed by atoms with Crippen LogP contribution in [0.1, 0.15) is 20.9 Å². The van der Waals surface area contributed by atoms with Gasteiger partial charge >= 0.3 is 5.97 Å². The van der Waals surface area contributed by atoms with E-state index in [1.54, 1.807) is 18.2 Å². The molecule has 140 valence electrons. The maximum Gasteiger partial charge on any atom is 0.351 e. The summed E-state index contributed by atoms with van der Waals surface area (Å²) in [4.78, 5) is 29.7. The Morgan fingerprint density at radius 3 is 2.59 bits per heavy atom. The van der Waals surface area contributed by atoms with Gasteiger partial charge in [-0.2, -0.15) is 0 Å². The molecule has 0 aliphatic rings. The highest BCUT2D eigenvalue weighted by Crippen LogP contribution is 2.35. The number of ether oxygens (including phenoxy) is 1. The summed E-state index contributed by atoms with van der Waals surface area (Å²) in [7, 11) is 0. The maximum atomic E-state index is 12.4. The lowest BCUT2D eigenvalue weighted by Crippen LogP contribution is -2.21. The Labute approximate surface area is 169 Å². The summed E-state index contributed by atoms with van der Waals surface area (Å²) in [6, 6.07) is 6.72. The zero-order valence-electron chi connectivity index (χ0n) is 14.4. The van der Waals surface area contributed by atoms with Gasteiger partial charge in [0, 0.05) is 11.1 Å². The van der Waals surface area contributed by atoms with Gasteiger partial charge in [0.05, 0.1) is 21.4 Å². The summed E-state index contributed by atoms with van der Waals surface area (Å²) in [5.41, 5.74) is 8.42. The summed E-state index contributed by atoms with van der Waals surface area (Å²) in [6.45, 7) is 3.26. The Balaban J connectivity index is 1.73. The minimum Gasteiger partial charge on any atom is -0.451 e. The van der Waals surface area contributed by atoms with Crippen LogP contribution in [-0.4, -0.2) is 23.5 Å². The van der Waals surface area contributed by atoms with Gasteiger partial charge < -0.3 is 15.8 Å². The highest BCUT2D eigenvalue weighted by Gasteiger charge is 2.21. The third-order valence-corrected chi connectivity index (χ3v) is 5.48. The van der Waals surface area contributed by atoms with Gasteiger partial charge in [-0.3, -0.25) is 4.79 Å². The van der Waals surface area contributed by atoms with Gasteiger partial charge in [-0.15, -0.1) is 11.3 Å². The molecule has 2 heterocycles. The van der Waals surface area contributed by atoms with Crippen molar-refractivity contribution < 1.29 is 14.3 Å². The van der Waals surface area contributed by atoms with E-state index in [0.717, 1.165) is 28.0 Å². The number of rotatable bonds is 4. The standard InChI is InChI=1S/C18H15Cl2N3O3S/c1-8-6-9(2)22-17-13(8)14(21)16(27-17)18(25)26-7-12(24)23-15-10(19)4-3-5-11(15)20/h3-6H,7,21H2,1-2H3,(H,23,24). The van der Waals surface area contributed by atoms with Crippen LogP contribution in [-0.2, 0) is 9.53 Å². The smallest absolute Gasteiger partial charge is 0.351 e. The molecule has 0 bridgehead atoms. The molecule has 0 spiro atoms. The summed E-state index contributed by atoms with van der Waals surface area (Å²) in [5.74, 6) is -1.25. The number of nitrogen functional groups attached to an aromatic ring is 1. The minimum atomic E-state index is -0.687. The maximum absolute atomic E-state index is 12.4. The lowest BCUT2D eigenvalue weighted by atomic mass is 10.1. The normalized spacial score (nSPS) is 10.8. The third kappa shape index (κ3) is 4.00. The van der Waals surface area contributed by atoms with E-state index in [4.69, 9.17) is 33.7 Å². The number of nitrogens with two attached hydrogens (primary N) is 1. The quantitative estimate of drug-likeness (QED) is 0.597. The van der Waals surface area contributed by atoms with E-state index in [-0.39, 0.29) is 20.6 Å². The second-order valence-corrected chi connectivity index (χ2v) is 7.64. The van der Waals surface area contributed by atoms with E-state index >= 15 is 0 Å². The number of carbonyl (C=O) groups excluding carboxylic acids is 2. The summed E-state index contributed by atoms with van der Waals surface area (Å²) >= 11 is 13.1. The van der Waals surface area contributed by atoms with Crippen LogP contribution in [0.4, 0.5) is 11.4 Å². The molecule has 0 aliphatic carbocycles. The average Bonchev–Trinajstić information content (AvgIpc) is 2.93. The number of nitrogens with zero attached hydrogens (tertiary/aromatic N) is 1. The van der Waals surface area contributed by atoms with Gasteiger partial charge in [0.2, 0.25) is 0 Å². The van der Waals surface area contributed by atoms with Gasteiger partial charge in [-0.05, 0) is 37.6 Å². The van der Waals surface area contributed by atoms with Crippen LogP contribution in [0.3, 0.4) is 0 Å². The minimum absolute atomic E-state index is 0.217. The van der Waals surface area contributed by atoms with Crippen LogP contribution in [0, 0.1) is 13.8 Å². The molecule has 0 atom stereocenters. The van der Waals surface area contributed by atoms with Crippen LogP contribution in [0.2, 0.25) is 10.0 Å². The number of thiophene rings is 1. The Bertz CT molecular complexity index is 1050. The van der Waals surface area contributed by atoms with Crippen LogP contribution < -0.4 is 11.1 Å². The first-order valence-corrected chi connectivity index (χ1v) is 9.42. The molecule has 3 aromatic rings. The van der Waals surface area contributed by atoms with Gasteiger partial charge in [-0.1, -0.05) is 29.3 Å². The Morgan fingerprint density at radius 1 is 1.26 bits per heavy atom. The van der Waals surface area contributed by atoms with Crippen LogP contribution in [0.25, 0.3) is 10.2 Å². The predicted molar refractivity (Wildman–Crippen MR) is 109 cm³/mol. The van der Waals surface area contributed by atoms with E-state index < -0.39 is 18.5 Å². The number of aryl methyl sites for hydroxylation is 2. The van der Waals surface area contributed by atoms with Crippen molar-refractivity contribution in [2.24, 2.45) is 0 Å². The number of hydrogen-bond acceptors (Lipinski definition) is 6. The lowest BCUT2D eigenvalue weighted by Gasteiger charge is -2.09. The zero-order valence-corrected chi connectivity index (χ0v) is 16.8. The number of halogens is 2. The number of fused-ring (bicyclic) bond motifs is 1. The molecule has 0 radical (unpaired) electrons. The zero-order chi connectivity index (χ0) is 19.7. The van der Waals surface area contributed by atoms with Crippen LogP contribution in [0.5, 0.6) is 0 Å². The summed E-state index contributed by atoms with van der Waals surface area (Å²) < 4.78 is 5.09. The molecule has 9 heteroatoms. The molecule has 6 nitrogen and oxygen atoms in total. The van der Waals surface area contributed by atoms with E-state index in [0.29, 0.717) is 10.5 Å². The number of benzene rings is 1. The van der Waals surface area contributed by atoms with Crippen molar-refractivity contribution in [3.05, 3.63) is 50.4 Å². The molecular formula is C18H15Cl2N3O3S. The fourth-order valence-corrected chi connectivity index (χ4v) is 4.21. The van der Waals surface area contributed by atoms with Crippen LogP contribution >= 0.6 is 34.5 Å². The molecule has 0 aliphatic heterocycles. The number of esters is 1. The Kier molecular flexibility index (Phi) is 5.55. The highest BCUT2D eigenvalue weighted by atomic mass is 35.5. The molecule has 0 saturated heterocycles. The fraction of sp³-hybridized carbons (Fsp3) is 0.167. The van der Waals surface area contributed by atoms with Gasteiger partial charge in [0.15, 0.2) is 6.61 Å². The lowest BCUT2D eigenvalue weighted by molar-refractivity contribution is -0.119. The Hall–Kier alpha value is -2.35. The van der Waals surface area contributed by atoms with Crippen molar-refractivity contribution in [2.45, 2.75) is 13.8 Å². The van der Waals surface area contributed by atoms with Gasteiger partial charge in [0.1, 0.15) is 9.71 Å². The number of carbonyl (C=O) groups is 2. The monoisotopic (exact) mass is 423 g/mol. The number of amides is 1. The molecule has 3 rings (SSSR count). The molecule has 27 heavy (non-hydrogen) atoms. The molecule has 1 aromatic carbocycles. The predicted octanol–water partition coefficient (Wildman–Crippen LogP) is 4.60. The van der Waals surface area contributed by atoms with Crippen molar-refractivity contribution >= 4 is 68.0 Å². The second-order valence-electron chi connectivity index (χ2n) is 5.83. The summed E-state index contributed by atoms with van der Waals surface area (Å²) in [6.07, 6.45) is 0. The van der Waals surface area contributed by atoms with Crippen LogP contribution in [0.15, 0.2) is 24.3 Å². The number of pyridine rings is 1. The number of aromatic nitrogens is 1. The molecule has 2 aromatic heterocycles. The molecular weight excluding hydrogens is 409 g/mol. The average molecular weight is 424 g/mol. The second kappa shape index (κ2) is 7.72. The van der Waals surface area contributed by atoms with E-state index in [9.17, 15) is 9.59 Å². The first-order valence-electron chi connectivity index (χ1n) is 7.85. The Morgan fingerprint density at radius 2 is 1.93 bits per heavy atom. The number of anilines is 2. The fourth-order valence-electron chi connectivity index (χ4n) is 2.61. The number of nitrogens with one attached hydrogen (secondary N) is 1. The number of hydrogen-bond donors (Lipinski definition) is 2. The first kappa shape index (κ1) is 19.4. The van der Waals surface area contributed by atoms with Crippen molar-refractivity contribution in [3.8, 4) is 0 Å². The van der Waals surface area contributed by atoms with E-state index in [1.807, 2.05) is 19.9 Å². The third-order valence-electron chi connectivity index (χ3n) is 3.77. The topological polar surface area (TPSA) is 94.3 Å². The summed E-state index contributed by atoms with van der Waals surface area (Å²) in [5, 5.41) is 3.82. The highest BCUT2D eigenvalue weighted by molar-refractivity contribution is 7.21. The van der Waals surface area contributed by atoms with Crippen molar-refractivity contribution in [1.29, 1.82) is 0 Å². The molecule has 0 unspecified atom stereocenters. The molecule has 0 saturated carbocycles. The van der Waals surface area contributed by atoms with Crippen molar-refractivity contribution in [2.75, 3.05) is 17.7 Å². The van der Waals surface area contributed by atoms with E-state index in [1.165, 1.54) is 0 Å². The van der Waals surface area contributed by atoms with Crippen molar-refractivity contribution in [3.63, 3.8) is 0 Å². The molecule has 3 N–H and O–H groups in total.